The lowest BCUT2D eigenvalue weighted by Crippen LogP contribution is -2.41. The van der Waals surface area contributed by atoms with Crippen molar-refractivity contribution in [1.82, 2.24) is 19.7 Å². The van der Waals surface area contributed by atoms with Gasteiger partial charge in [0, 0.05) is 58.5 Å². The van der Waals surface area contributed by atoms with Crippen LogP contribution < -0.4 is 4.74 Å². The fraction of sp³-hybridized carbons (Fsp3) is 0.478. The van der Waals surface area contributed by atoms with Crippen LogP contribution in [-0.2, 0) is 6.54 Å². The Hall–Kier alpha value is -2.60. The smallest absolute Gasteiger partial charge is 0.320 e. The Bertz CT molecular complexity index is 885. The van der Waals surface area contributed by atoms with E-state index in [0.29, 0.717) is 11.8 Å². The molecule has 3 heterocycles. The Morgan fingerprint density at radius 2 is 2.00 bits per heavy atom. The van der Waals surface area contributed by atoms with E-state index in [2.05, 4.69) is 46.0 Å². The number of fused-ring (bicyclic) bond motifs is 1. The van der Waals surface area contributed by atoms with E-state index in [1.807, 2.05) is 26.2 Å². The van der Waals surface area contributed by atoms with Crippen molar-refractivity contribution >= 4 is 6.03 Å². The van der Waals surface area contributed by atoms with Gasteiger partial charge >= 0.3 is 6.03 Å². The molecule has 6 nitrogen and oxygen atoms in total. The van der Waals surface area contributed by atoms with E-state index in [9.17, 15) is 4.79 Å². The molecule has 2 aliphatic heterocycles. The summed E-state index contributed by atoms with van der Waals surface area (Å²) in [6.07, 6.45) is 1.80. The zero-order valence-corrected chi connectivity index (χ0v) is 17.7. The SMILES string of the molecule is COc1ccnc(CN2C[C@@H]3CN(C(=O)N(C)C)[C@@H](c4ccccc4C)[C@@H]3C2)c1. The summed E-state index contributed by atoms with van der Waals surface area (Å²) in [5.74, 6) is 1.76. The highest BCUT2D eigenvalue weighted by Crippen LogP contribution is 2.46. The molecule has 3 atom stereocenters. The number of aryl methyl sites for hydroxylation is 1. The first-order valence-corrected chi connectivity index (χ1v) is 10.2. The van der Waals surface area contributed by atoms with E-state index >= 15 is 0 Å². The van der Waals surface area contributed by atoms with Crippen LogP contribution >= 0.6 is 0 Å². The summed E-state index contributed by atoms with van der Waals surface area (Å²) in [6.45, 7) is 5.73. The molecule has 2 fully saturated rings. The van der Waals surface area contributed by atoms with Gasteiger partial charge in [0.1, 0.15) is 5.75 Å². The lowest BCUT2D eigenvalue weighted by Gasteiger charge is -2.32. The van der Waals surface area contributed by atoms with Gasteiger partial charge in [0.25, 0.3) is 0 Å². The Morgan fingerprint density at radius 3 is 2.72 bits per heavy atom. The summed E-state index contributed by atoms with van der Waals surface area (Å²) >= 11 is 0. The van der Waals surface area contributed by atoms with E-state index < -0.39 is 0 Å². The number of benzene rings is 1. The zero-order valence-electron chi connectivity index (χ0n) is 17.7. The van der Waals surface area contributed by atoms with Crippen molar-refractivity contribution < 1.29 is 9.53 Å². The van der Waals surface area contributed by atoms with Gasteiger partial charge in [-0.3, -0.25) is 9.88 Å². The Kier molecular flexibility index (Phi) is 5.46. The minimum atomic E-state index is 0.105. The number of pyridine rings is 1. The third-order valence-electron chi connectivity index (χ3n) is 6.28. The van der Waals surface area contributed by atoms with Gasteiger partial charge in [-0.25, -0.2) is 4.79 Å². The maximum absolute atomic E-state index is 12.9. The molecule has 2 aliphatic rings. The first-order chi connectivity index (χ1) is 14.0. The molecule has 0 spiro atoms. The highest BCUT2D eigenvalue weighted by molar-refractivity contribution is 5.75. The van der Waals surface area contributed by atoms with Crippen molar-refractivity contribution in [2.75, 3.05) is 40.8 Å². The molecule has 154 valence electrons. The normalized spacial score (nSPS) is 23.9. The van der Waals surface area contributed by atoms with E-state index in [0.717, 1.165) is 37.6 Å². The number of likely N-dealkylation sites (tertiary alicyclic amines) is 2. The minimum Gasteiger partial charge on any atom is -0.497 e. The van der Waals surface area contributed by atoms with Crippen LogP contribution in [-0.4, -0.2) is 66.6 Å². The summed E-state index contributed by atoms with van der Waals surface area (Å²) in [5.41, 5.74) is 3.55. The van der Waals surface area contributed by atoms with Crippen LogP contribution in [0.2, 0.25) is 0 Å². The summed E-state index contributed by atoms with van der Waals surface area (Å²) in [4.78, 5) is 23.7. The van der Waals surface area contributed by atoms with E-state index in [4.69, 9.17) is 4.74 Å². The monoisotopic (exact) mass is 394 g/mol. The molecule has 2 aromatic rings. The minimum absolute atomic E-state index is 0.105. The standard InChI is InChI=1S/C23H30N4O2/c1-16-7-5-6-8-20(16)22-21-15-26(14-18-11-19(29-4)9-10-24-18)12-17(21)13-27(22)23(28)25(2)3/h5-11,17,21-22H,12-15H2,1-4H3/t17-,21-,22+/m1/s1. The van der Waals surface area contributed by atoms with E-state index in [-0.39, 0.29) is 12.1 Å². The molecule has 0 aliphatic carbocycles. The molecule has 0 unspecified atom stereocenters. The molecule has 1 aromatic heterocycles. The van der Waals surface area contributed by atoms with Crippen molar-refractivity contribution in [3.8, 4) is 5.75 Å². The largest absolute Gasteiger partial charge is 0.497 e. The predicted octanol–water partition coefficient (Wildman–Crippen LogP) is 3.19. The van der Waals surface area contributed by atoms with Gasteiger partial charge in [-0.15, -0.1) is 0 Å². The molecule has 1 aromatic carbocycles. The molecule has 2 saturated heterocycles. The van der Waals surface area contributed by atoms with Crippen LogP contribution in [0.5, 0.6) is 5.75 Å². The lowest BCUT2D eigenvalue weighted by atomic mass is 9.88. The average Bonchev–Trinajstić information content (AvgIpc) is 3.25. The quantitative estimate of drug-likeness (QED) is 0.799. The van der Waals surface area contributed by atoms with Crippen LogP contribution in [0.15, 0.2) is 42.6 Å². The molecule has 4 rings (SSSR count). The van der Waals surface area contributed by atoms with Gasteiger partial charge in [-0.1, -0.05) is 24.3 Å². The second kappa shape index (κ2) is 8.03. The van der Waals surface area contributed by atoms with Gasteiger partial charge in [-0.05, 0) is 30.0 Å². The first kappa shape index (κ1) is 19.7. The Morgan fingerprint density at radius 1 is 1.21 bits per heavy atom. The molecule has 0 N–H and O–H groups in total. The molecule has 0 radical (unpaired) electrons. The fourth-order valence-electron chi connectivity index (χ4n) is 4.94. The van der Waals surface area contributed by atoms with Crippen LogP contribution in [0.25, 0.3) is 0 Å². The fourth-order valence-corrected chi connectivity index (χ4v) is 4.94. The number of amides is 2. The number of rotatable bonds is 4. The molecule has 0 bridgehead atoms. The summed E-state index contributed by atoms with van der Waals surface area (Å²) in [5, 5.41) is 0. The maximum atomic E-state index is 12.9. The van der Waals surface area contributed by atoms with Gasteiger partial charge in [0.2, 0.25) is 0 Å². The molecule has 2 amide bonds. The number of hydrogen-bond acceptors (Lipinski definition) is 4. The van der Waals surface area contributed by atoms with Crippen molar-refractivity contribution in [1.29, 1.82) is 0 Å². The number of urea groups is 1. The van der Waals surface area contributed by atoms with E-state index in [1.54, 1.807) is 18.2 Å². The predicted molar refractivity (Wildman–Crippen MR) is 113 cm³/mol. The first-order valence-electron chi connectivity index (χ1n) is 10.2. The van der Waals surface area contributed by atoms with Crippen molar-refractivity contribution in [2.24, 2.45) is 11.8 Å². The van der Waals surface area contributed by atoms with Crippen molar-refractivity contribution in [3.63, 3.8) is 0 Å². The van der Waals surface area contributed by atoms with Gasteiger partial charge < -0.3 is 14.5 Å². The molecular formula is C23H30N4O2. The summed E-state index contributed by atoms with van der Waals surface area (Å²) in [6, 6.07) is 12.6. The van der Waals surface area contributed by atoms with Crippen LogP contribution in [0.1, 0.15) is 22.9 Å². The summed E-state index contributed by atoms with van der Waals surface area (Å²) < 4.78 is 5.34. The van der Waals surface area contributed by atoms with Gasteiger partial charge in [0.05, 0.1) is 18.8 Å². The second-order valence-corrected chi connectivity index (χ2v) is 8.44. The number of ether oxygens (including phenoxy) is 1. The highest BCUT2D eigenvalue weighted by Gasteiger charge is 2.49. The molecular weight excluding hydrogens is 364 g/mol. The Labute approximate surface area is 173 Å². The number of carbonyl (C=O) groups is 1. The van der Waals surface area contributed by atoms with Crippen molar-refractivity contribution in [3.05, 3.63) is 59.4 Å². The van der Waals surface area contributed by atoms with Crippen LogP contribution in [0, 0.1) is 18.8 Å². The lowest BCUT2D eigenvalue weighted by molar-refractivity contribution is 0.151. The van der Waals surface area contributed by atoms with Crippen LogP contribution in [0.3, 0.4) is 0 Å². The van der Waals surface area contributed by atoms with Crippen molar-refractivity contribution in [2.45, 2.75) is 19.5 Å². The number of carbonyl (C=O) groups excluding carboxylic acids is 1. The maximum Gasteiger partial charge on any atom is 0.320 e. The van der Waals surface area contributed by atoms with E-state index in [1.165, 1.54) is 11.1 Å². The zero-order chi connectivity index (χ0) is 20.5. The number of hydrogen-bond donors (Lipinski definition) is 0. The third-order valence-corrected chi connectivity index (χ3v) is 6.28. The van der Waals surface area contributed by atoms with Gasteiger partial charge in [-0.2, -0.15) is 0 Å². The number of methoxy groups -OCH3 is 1. The highest BCUT2D eigenvalue weighted by atomic mass is 16.5. The second-order valence-electron chi connectivity index (χ2n) is 8.44. The number of aromatic nitrogens is 1. The third kappa shape index (κ3) is 3.81. The Balaban J connectivity index is 1.57. The average molecular weight is 395 g/mol. The summed E-state index contributed by atoms with van der Waals surface area (Å²) in [7, 11) is 5.36. The number of nitrogens with zero attached hydrogens (tertiary/aromatic N) is 4. The molecule has 0 saturated carbocycles. The molecule has 29 heavy (non-hydrogen) atoms. The molecule has 6 heteroatoms. The van der Waals surface area contributed by atoms with Gasteiger partial charge in [0.15, 0.2) is 0 Å². The topological polar surface area (TPSA) is 48.9 Å². The van der Waals surface area contributed by atoms with Crippen LogP contribution in [0.4, 0.5) is 4.79 Å².